The normalized spacial score (nSPS) is 23.8. The van der Waals surface area contributed by atoms with E-state index in [0.717, 1.165) is 19.5 Å². The monoisotopic (exact) mass is 284 g/mol. The largest absolute Gasteiger partial charge is 0.330 e. The van der Waals surface area contributed by atoms with Gasteiger partial charge in [0, 0.05) is 25.9 Å². The summed E-state index contributed by atoms with van der Waals surface area (Å²) in [6.07, 6.45) is 1.72. The number of hydrogen-bond acceptors (Lipinski definition) is 2. The summed E-state index contributed by atoms with van der Waals surface area (Å²) >= 11 is 0. The highest BCUT2D eigenvalue weighted by Gasteiger charge is 2.36. The van der Waals surface area contributed by atoms with Crippen LogP contribution in [0.1, 0.15) is 39.5 Å². The minimum Gasteiger partial charge on any atom is -0.330 e. The van der Waals surface area contributed by atoms with Gasteiger partial charge in [-0.2, -0.15) is 0 Å². The molecule has 0 spiro atoms. The third-order valence-corrected chi connectivity index (χ3v) is 3.56. The highest BCUT2D eigenvalue weighted by atomic mass is 35.5. The molecule has 18 heavy (non-hydrogen) atoms. The standard InChI is InChI=1S/C13H26F2N2.ClH/c1-12(2,9-16)10-17(3)8-11-5-4-6-13(14,15)7-11;/h11H,4-10,16H2,1-3H3;1H. The van der Waals surface area contributed by atoms with Crippen LogP contribution in [0.4, 0.5) is 8.78 Å². The van der Waals surface area contributed by atoms with Crippen molar-refractivity contribution in [2.75, 3.05) is 26.7 Å². The Morgan fingerprint density at radius 1 is 1.39 bits per heavy atom. The Bertz CT molecular complexity index is 247. The van der Waals surface area contributed by atoms with Crippen LogP contribution < -0.4 is 5.73 Å². The van der Waals surface area contributed by atoms with Gasteiger partial charge in [-0.25, -0.2) is 8.78 Å². The van der Waals surface area contributed by atoms with Gasteiger partial charge in [0.15, 0.2) is 0 Å². The van der Waals surface area contributed by atoms with Gasteiger partial charge < -0.3 is 10.6 Å². The molecule has 2 nitrogen and oxygen atoms in total. The fraction of sp³-hybridized carbons (Fsp3) is 1.00. The molecule has 2 N–H and O–H groups in total. The molecule has 1 saturated carbocycles. The second-order valence-electron chi connectivity index (χ2n) is 6.38. The van der Waals surface area contributed by atoms with E-state index in [2.05, 4.69) is 18.7 Å². The highest BCUT2D eigenvalue weighted by molar-refractivity contribution is 5.85. The number of rotatable bonds is 5. The van der Waals surface area contributed by atoms with Crippen LogP contribution >= 0.6 is 12.4 Å². The van der Waals surface area contributed by atoms with Crippen molar-refractivity contribution >= 4 is 12.4 Å². The zero-order valence-corrected chi connectivity index (χ0v) is 12.5. The molecule has 0 amide bonds. The lowest BCUT2D eigenvalue weighted by atomic mass is 9.85. The van der Waals surface area contributed by atoms with Gasteiger partial charge in [0.05, 0.1) is 0 Å². The molecule has 0 aromatic heterocycles. The molecule has 0 aromatic rings. The van der Waals surface area contributed by atoms with Crippen LogP contribution in [0.15, 0.2) is 0 Å². The summed E-state index contributed by atoms with van der Waals surface area (Å²) in [6, 6.07) is 0. The Balaban J connectivity index is 0.00000289. The highest BCUT2D eigenvalue weighted by Crippen LogP contribution is 2.36. The molecular weight excluding hydrogens is 258 g/mol. The lowest BCUT2D eigenvalue weighted by Crippen LogP contribution is -2.40. The predicted molar refractivity (Wildman–Crippen MR) is 74.5 cm³/mol. The first kappa shape index (κ1) is 18.1. The molecule has 1 atom stereocenters. The molecule has 1 rings (SSSR count). The Morgan fingerprint density at radius 3 is 2.50 bits per heavy atom. The van der Waals surface area contributed by atoms with Gasteiger partial charge in [-0.05, 0) is 37.8 Å². The van der Waals surface area contributed by atoms with E-state index >= 15 is 0 Å². The quantitative estimate of drug-likeness (QED) is 0.840. The molecule has 0 saturated heterocycles. The van der Waals surface area contributed by atoms with E-state index < -0.39 is 5.92 Å². The first-order chi connectivity index (χ1) is 7.74. The minimum atomic E-state index is -2.44. The number of hydrogen-bond donors (Lipinski definition) is 1. The first-order valence-corrected chi connectivity index (χ1v) is 6.50. The molecule has 110 valence electrons. The molecule has 0 bridgehead atoms. The van der Waals surface area contributed by atoms with Crippen LogP contribution in [-0.2, 0) is 0 Å². The fourth-order valence-electron chi connectivity index (χ4n) is 2.73. The van der Waals surface area contributed by atoms with E-state index in [4.69, 9.17) is 5.73 Å². The Kier molecular flexibility index (Phi) is 7.04. The van der Waals surface area contributed by atoms with E-state index in [1.165, 1.54) is 0 Å². The van der Waals surface area contributed by atoms with E-state index in [1.807, 2.05) is 7.05 Å². The summed E-state index contributed by atoms with van der Waals surface area (Å²) < 4.78 is 26.5. The number of halogens is 3. The Hall–Kier alpha value is 0.0700. The van der Waals surface area contributed by atoms with Gasteiger partial charge in [-0.3, -0.25) is 0 Å². The Labute approximate surface area is 116 Å². The summed E-state index contributed by atoms with van der Waals surface area (Å²) in [7, 11) is 2.00. The molecule has 1 aliphatic rings. The van der Waals surface area contributed by atoms with E-state index in [9.17, 15) is 8.78 Å². The molecule has 0 radical (unpaired) electrons. The number of alkyl halides is 2. The number of nitrogens with zero attached hydrogens (tertiary/aromatic N) is 1. The third kappa shape index (κ3) is 6.30. The maximum atomic E-state index is 13.3. The van der Waals surface area contributed by atoms with E-state index in [0.29, 0.717) is 13.0 Å². The molecular formula is C13H27ClF2N2. The van der Waals surface area contributed by atoms with Crippen LogP contribution in [-0.4, -0.2) is 37.5 Å². The second kappa shape index (κ2) is 7.01. The minimum absolute atomic E-state index is 0. The summed E-state index contributed by atoms with van der Waals surface area (Å²) in [4.78, 5) is 2.15. The van der Waals surface area contributed by atoms with Gasteiger partial charge in [0.2, 0.25) is 5.92 Å². The molecule has 1 unspecified atom stereocenters. The van der Waals surface area contributed by atoms with Gasteiger partial charge in [-0.1, -0.05) is 13.8 Å². The van der Waals surface area contributed by atoms with Crippen LogP contribution in [0.2, 0.25) is 0 Å². The summed E-state index contributed by atoms with van der Waals surface area (Å²) in [5.74, 6) is -2.30. The van der Waals surface area contributed by atoms with Crippen molar-refractivity contribution in [1.29, 1.82) is 0 Å². The summed E-state index contributed by atoms with van der Waals surface area (Å²) in [5.41, 5.74) is 5.75. The topological polar surface area (TPSA) is 29.3 Å². The number of nitrogens with two attached hydrogens (primary N) is 1. The predicted octanol–water partition coefficient (Wildman–Crippen LogP) is 3.15. The smallest absolute Gasteiger partial charge is 0.248 e. The van der Waals surface area contributed by atoms with Crippen LogP contribution in [0.5, 0.6) is 0 Å². The van der Waals surface area contributed by atoms with Crippen molar-refractivity contribution in [3.63, 3.8) is 0 Å². The second-order valence-corrected chi connectivity index (χ2v) is 6.38. The van der Waals surface area contributed by atoms with Gasteiger partial charge >= 0.3 is 0 Å². The van der Waals surface area contributed by atoms with Crippen LogP contribution in [0, 0.1) is 11.3 Å². The average molecular weight is 285 g/mol. The molecule has 1 fully saturated rings. The van der Waals surface area contributed by atoms with Gasteiger partial charge in [0.25, 0.3) is 0 Å². The van der Waals surface area contributed by atoms with Crippen molar-refractivity contribution in [3.8, 4) is 0 Å². The van der Waals surface area contributed by atoms with E-state index in [1.54, 1.807) is 0 Å². The maximum absolute atomic E-state index is 13.3. The Morgan fingerprint density at radius 2 is 2.00 bits per heavy atom. The van der Waals surface area contributed by atoms with Gasteiger partial charge in [0.1, 0.15) is 0 Å². The van der Waals surface area contributed by atoms with Crippen molar-refractivity contribution < 1.29 is 8.78 Å². The molecule has 5 heteroatoms. The van der Waals surface area contributed by atoms with Crippen molar-refractivity contribution in [3.05, 3.63) is 0 Å². The van der Waals surface area contributed by atoms with Crippen molar-refractivity contribution in [2.24, 2.45) is 17.1 Å². The molecule has 1 aliphatic carbocycles. The van der Waals surface area contributed by atoms with Gasteiger partial charge in [-0.15, -0.1) is 12.4 Å². The summed E-state index contributed by atoms with van der Waals surface area (Å²) in [5, 5.41) is 0. The zero-order chi connectivity index (χ0) is 13.1. The third-order valence-electron chi connectivity index (χ3n) is 3.56. The van der Waals surface area contributed by atoms with Crippen molar-refractivity contribution in [2.45, 2.75) is 45.5 Å². The first-order valence-electron chi connectivity index (χ1n) is 6.50. The van der Waals surface area contributed by atoms with E-state index in [-0.39, 0.29) is 36.6 Å². The SMILES string of the molecule is CN(CC1CCCC(F)(F)C1)CC(C)(C)CN.Cl. The fourth-order valence-corrected chi connectivity index (χ4v) is 2.73. The lowest BCUT2D eigenvalue weighted by Gasteiger charge is -2.34. The molecule has 0 aliphatic heterocycles. The summed E-state index contributed by atoms with van der Waals surface area (Å²) in [6.45, 7) is 6.47. The molecule has 0 heterocycles. The zero-order valence-electron chi connectivity index (χ0n) is 11.7. The van der Waals surface area contributed by atoms with Crippen molar-refractivity contribution in [1.82, 2.24) is 4.90 Å². The molecule has 0 aromatic carbocycles. The lowest BCUT2D eigenvalue weighted by molar-refractivity contribution is -0.0567. The van der Waals surface area contributed by atoms with Crippen LogP contribution in [0.25, 0.3) is 0 Å². The van der Waals surface area contributed by atoms with Crippen LogP contribution in [0.3, 0.4) is 0 Å². The maximum Gasteiger partial charge on any atom is 0.248 e. The average Bonchev–Trinajstić information content (AvgIpc) is 2.14.